The van der Waals surface area contributed by atoms with E-state index in [1.807, 2.05) is 11.0 Å². The topological polar surface area (TPSA) is 60.5 Å². The highest BCUT2D eigenvalue weighted by Crippen LogP contribution is 2.35. The van der Waals surface area contributed by atoms with Crippen molar-refractivity contribution in [2.75, 3.05) is 52.8 Å². The zero-order chi connectivity index (χ0) is 20.4. The quantitative estimate of drug-likeness (QED) is 0.735. The molecule has 7 nitrogen and oxygen atoms in total. The number of hydrogen-bond donors (Lipinski definition) is 0. The Morgan fingerprint density at radius 2 is 1.93 bits per heavy atom. The summed E-state index contributed by atoms with van der Waals surface area (Å²) in [5.41, 5.74) is 0.948. The smallest absolute Gasteiger partial charge is 0.231 e. The summed E-state index contributed by atoms with van der Waals surface area (Å²) in [7, 11) is 0. The largest absolute Gasteiger partial charge is 0.454 e. The van der Waals surface area contributed by atoms with Gasteiger partial charge in [0.05, 0.1) is 18.6 Å². The van der Waals surface area contributed by atoms with Crippen LogP contribution in [0.4, 0.5) is 0 Å². The Morgan fingerprint density at radius 1 is 1.07 bits per heavy atom. The maximum Gasteiger partial charge on any atom is 0.231 e. The predicted molar refractivity (Wildman–Crippen MR) is 110 cm³/mol. The molecule has 5 rings (SSSR count). The lowest BCUT2D eigenvalue weighted by Gasteiger charge is -2.40. The fourth-order valence-corrected chi connectivity index (χ4v) is 5.06. The van der Waals surface area contributed by atoms with Gasteiger partial charge in [0.25, 0.3) is 0 Å². The molecule has 0 N–H and O–H groups in total. The minimum Gasteiger partial charge on any atom is -0.454 e. The standard InChI is InChI=1S/C23H32N2O5/c26-22-14-23(30-12-10-25(22)7-3-18-4-11-27-16-18)5-8-24(9-6-23)15-19-1-2-20-21(13-19)29-17-28-20/h1-2,13,18H,3-12,14-17H2. The Labute approximate surface area is 178 Å². The molecule has 30 heavy (non-hydrogen) atoms. The third-order valence-electron chi connectivity index (χ3n) is 7.04. The molecule has 1 aromatic carbocycles. The molecule has 1 unspecified atom stereocenters. The number of amides is 1. The second-order valence-corrected chi connectivity index (χ2v) is 9.07. The van der Waals surface area contributed by atoms with Gasteiger partial charge in [-0.25, -0.2) is 0 Å². The van der Waals surface area contributed by atoms with Gasteiger partial charge in [-0.3, -0.25) is 9.69 Å². The molecule has 4 aliphatic rings. The van der Waals surface area contributed by atoms with Crippen LogP contribution in [0.25, 0.3) is 0 Å². The number of fused-ring (bicyclic) bond motifs is 1. The van der Waals surface area contributed by atoms with Crippen LogP contribution in [0.2, 0.25) is 0 Å². The van der Waals surface area contributed by atoms with Gasteiger partial charge in [0.15, 0.2) is 11.5 Å². The Hall–Kier alpha value is -1.83. The number of hydrogen-bond acceptors (Lipinski definition) is 6. The van der Waals surface area contributed by atoms with Crippen molar-refractivity contribution in [2.24, 2.45) is 5.92 Å². The Bertz CT molecular complexity index is 756. The summed E-state index contributed by atoms with van der Waals surface area (Å²) in [6, 6.07) is 6.17. The summed E-state index contributed by atoms with van der Waals surface area (Å²) in [6.45, 7) is 7.00. The maximum absolute atomic E-state index is 12.9. The van der Waals surface area contributed by atoms with Crippen LogP contribution in [0.5, 0.6) is 11.5 Å². The highest BCUT2D eigenvalue weighted by molar-refractivity contribution is 5.77. The maximum atomic E-state index is 12.9. The van der Waals surface area contributed by atoms with Gasteiger partial charge in [0.2, 0.25) is 12.7 Å². The van der Waals surface area contributed by atoms with E-state index in [9.17, 15) is 4.79 Å². The van der Waals surface area contributed by atoms with E-state index in [-0.39, 0.29) is 11.5 Å². The van der Waals surface area contributed by atoms with Crippen LogP contribution in [0.15, 0.2) is 18.2 Å². The lowest BCUT2D eigenvalue weighted by atomic mass is 9.87. The van der Waals surface area contributed by atoms with Crippen molar-refractivity contribution in [3.63, 3.8) is 0 Å². The zero-order valence-corrected chi connectivity index (χ0v) is 17.6. The first kappa shape index (κ1) is 20.1. The van der Waals surface area contributed by atoms with Gasteiger partial charge >= 0.3 is 0 Å². The van der Waals surface area contributed by atoms with Gasteiger partial charge in [-0.2, -0.15) is 0 Å². The first-order valence-corrected chi connectivity index (χ1v) is 11.3. The van der Waals surface area contributed by atoms with E-state index in [1.54, 1.807) is 0 Å². The Morgan fingerprint density at radius 3 is 2.77 bits per heavy atom. The van der Waals surface area contributed by atoms with E-state index < -0.39 is 0 Å². The minimum absolute atomic E-state index is 0.260. The summed E-state index contributed by atoms with van der Waals surface area (Å²) in [4.78, 5) is 17.4. The second kappa shape index (κ2) is 8.73. The SMILES string of the molecule is O=C1CC2(CCN(Cc3ccc4c(c3)OCO4)CC2)OCCN1CCC1CCOC1. The molecule has 0 radical (unpaired) electrons. The Balaban J connectivity index is 1.13. The van der Waals surface area contributed by atoms with Gasteiger partial charge in [-0.1, -0.05) is 6.07 Å². The van der Waals surface area contributed by atoms with E-state index in [2.05, 4.69) is 17.0 Å². The van der Waals surface area contributed by atoms with E-state index in [0.29, 0.717) is 25.7 Å². The van der Waals surface area contributed by atoms with Gasteiger partial charge in [-0.05, 0) is 49.3 Å². The molecule has 1 spiro atoms. The lowest BCUT2D eigenvalue weighted by molar-refractivity contribution is -0.135. The van der Waals surface area contributed by atoms with E-state index in [0.717, 1.165) is 83.1 Å². The van der Waals surface area contributed by atoms with Crippen LogP contribution in [0.1, 0.15) is 37.7 Å². The number of piperidine rings is 1. The molecule has 0 aliphatic carbocycles. The fourth-order valence-electron chi connectivity index (χ4n) is 5.06. The summed E-state index contributed by atoms with van der Waals surface area (Å²) in [5.74, 6) is 2.53. The zero-order valence-electron chi connectivity index (χ0n) is 17.6. The molecule has 3 saturated heterocycles. The molecule has 4 heterocycles. The molecule has 0 bridgehead atoms. The average Bonchev–Trinajstić information content (AvgIpc) is 3.41. The molecule has 1 amide bonds. The van der Waals surface area contributed by atoms with E-state index in [4.69, 9.17) is 18.9 Å². The molecule has 164 valence electrons. The average molecular weight is 417 g/mol. The van der Waals surface area contributed by atoms with E-state index >= 15 is 0 Å². The highest BCUT2D eigenvalue weighted by Gasteiger charge is 2.40. The number of likely N-dealkylation sites (tertiary alicyclic amines) is 1. The van der Waals surface area contributed by atoms with Crippen molar-refractivity contribution in [3.05, 3.63) is 23.8 Å². The summed E-state index contributed by atoms with van der Waals surface area (Å²) < 4.78 is 22.7. The summed E-state index contributed by atoms with van der Waals surface area (Å²) in [5, 5.41) is 0. The van der Waals surface area contributed by atoms with Gasteiger partial charge in [0.1, 0.15) is 0 Å². The molecule has 0 aromatic heterocycles. The van der Waals surface area contributed by atoms with Crippen molar-refractivity contribution in [1.29, 1.82) is 0 Å². The lowest BCUT2D eigenvalue weighted by Crippen LogP contribution is -2.47. The van der Waals surface area contributed by atoms with Crippen LogP contribution in [-0.2, 0) is 20.8 Å². The predicted octanol–water partition coefficient (Wildman–Crippen LogP) is 2.43. The van der Waals surface area contributed by atoms with Crippen molar-refractivity contribution in [2.45, 2.75) is 44.2 Å². The summed E-state index contributed by atoms with van der Waals surface area (Å²) in [6.07, 6.45) is 4.51. The monoisotopic (exact) mass is 416 g/mol. The van der Waals surface area contributed by atoms with Crippen LogP contribution >= 0.6 is 0 Å². The molecule has 3 fully saturated rings. The third kappa shape index (κ3) is 4.43. The third-order valence-corrected chi connectivity index (χ3v) is 7.04. The molecule has 4 aliphatic heterocycles. The first-order valence-electron chi connectivity index (χ1n) is 11.3. The molecular weight excluding hydrogens is 384 g/mol. The van der Waals surface area contributed by atoms with Crippen LogP contribution < -0.4 is 9.47 Å². The number of benzene rings is 1. The highest BCUT2D eigenvalue weighted by atomic mass is 16.7. The van der Waals surface area contributed by atoms with Gasteiger partial charge in [-0.15, -0.1) is 0 Å². The molecule has 0 saturated carbocycles. The van der Waals surface area contributed by atoms with Gasteiger partial charge < -0.3 is 23.8 Å². The second-order valence-electron chi connectivity index (χ2n) is 9.07. The van der Waals surface area contributed by atoms with Crippen molar-refractivity contribution in [3.8, 4) is 11.5 Å². The normalized spacial score (nSPS) is 26.3. The summed E-state index contributed by atoms with van der Waals surface area (Å²) >= 11 is 0. The number of ether oxygens (including phenoxy) is 4. The van der Waals surface area contributed by atoms with Gasteiger partial charge in [0, 0.05) is 45.9 Å². The van der Waals surface area contributed by atoms with Crippen LogP contribution in [0, 0.1) is 5.92 Å². The fraction of sp³-hybridized carbons (Fsp3) is 0.696. The van der Waals surface area contributed by atoms with Crippen molar-refractivity contribution >= 4 is 5.91 Å². The van der Waals surface area contributed by atoms with Crippen molar-refractivity contribution < 1.29 is 23.7 Å². The molecular formula is C23H32N2O5. The molecule has 1 atom stereocenters. The number of nitrogens with zero attached hydrogens (tertiary/aromatic N) is 2. The van der Waals surface area contributed by atoms with E-state index in [1.165, 1.54) is 5.56 Å². The Kier molecular flexibility index (Phi) is 5.85. The van der Waals surface area contributed by atoms with Crippen LogP contribution in [0.3, 0.4) is 0 Å². The minimum atomic E-state index is -0.284. The van der Waals surface area contributed by atoms with Crippen molar-refractivity contribution in [1.82, 2.24) is 9.80 Å². The number of rotatable bonds is 5. The number of carbonyl (C=O) groups is 1. The molecule has 7 heteroatoms. The first-order chi connectivity index (χ1) is 14.7. The number of carbonyl (C=O) groups excluding carboxylic acids is 1. The molecule has 1 aromatic rings. The van der Waals surface area contributed by atoms with Crippen LogP contribution in [-0.4, -0.2) is 74.1 Å².